The predicted octanol–water partition coefficient (Wildman–Crippen LogP) is 3.56. The van der Waals surface area contributed by atoms with Gasteiger partial charge in [0, 0.05) is 35.9 Å². The second kappa shape index (κ2) is 8.65. The number of nitrogens with zero attached hydrogens (tertiary/aromatic N) is 5. The Labute approximate surface area is 177 Å². The maximum Gasteiger partial charge on any atom is 0.493 e. The monoisotopic (exact) mass is 457 g/mol. The Kier molecular flexibility index (Phi) is 5.91. The van der Waals surface area contributed by atoms with E-state index >= 15 is 0 Å². The topological polar surface area (TPSA) is 84.1 Å². The molecule has 1 aliphatic heterocycles. The summed E-state index contributed by atoms with van der Waals surface area (Å²) in [6.45, 7) is 0.959. The number of hydrogen-bond donors (Lipinski definition) is 0. The SMILES string of the molecule is O=C(On1ccc2c(-c3cnn(C(CC=C(F)F)C4CCOC4)c3)ncnc21)C(F)(F)F. The van der Waals surface area contributed by atoms with E-state index in [2.05, 4.69) is 19.9 Å². The average molecular weight is 457 g/mol. The zero-order valence-corrected chi connectivity index (χ0v) is 16.3. The molecule has 0 bridgehead atoms. The van der Waals surface area contributed by atoms with Crippen LogP contribution in [-0.4, -0.2) is 49.8 Å². The Bertz CT molecular complexity index is 1150. The summed E-state index contributed by atoms with van der Waals surface area (Å²) in [4.78, 5) is 23.5. The molecular weight excluding hydrogens is 441 g/mol. The molecule has 8 nitrogen and oxygen atoms in total. The molecule has 4 rings (SSSR count). The lowest BCUT2D eigenvalue weighted by Gasteiger charge is -2.21. The number of aromatic nitrogens is 5. The maximum absolute atomic E-state index is 12.7. The smallest absolute Gasteiger partial charge is 0.381 e. The molecule has 0 amide bonds. The molecule has 0 aliphatic carbocycles. The van der Waals surface area contributed by atoms with Crippen LogP contribution < -0.4 is 4.84 Å². The number of hydrogen-bond acceptors (Lipinski definition) is 6. The molecule has 2 atom stereocenters. The largest absolute Gasteiger partial charge is 0.493 e. The van der Waals surface area contributed by atoms with Crippen molar-refractivity contribution in [2.24, 2.45) is 5.92 Å². The Hall–Kier alpha value is -3.35. The molecule has 4 heterocycles. The first kappa shape index (κ1) is 21.9. The van der Waals surface area contributed by atoms with Gasteiger partial charge in [0.1, 0.15) is 6.33 Å². The van der Waals surface area contributed by atoms with Gasteiger partial charge in [-0.25, -0.2) is 14.8 Å². The van der Waals surface area contributed by atoms with Crippen LogP contribution >= 0.6 is 0 Å². The highest BCUT2D eigenvalue weighted by Gasteiger charge is 2.42. The third kappa shape index (κ3) is 4.47. The molecule has 3 aromatic rings. The Morgan fingerprint density at radius 2 is 2.16 bits per heavy atom. The van der Waals surface area contributed by atoms with Crippen molar-refractivity contribution >= 4 is 17.0 Å². The van der Waals surface area contributed by atoms with Crippen molar-refractivity contribution in [2.45, 2.75) is 25.1 Å². The summed E-state index contributed by atoms with van der Waals surface area (Å²) < 4.78 is 70.4. The molecule has 0 radical (unpaired) electrons. The van der Waals surface area contributed by atoms with E-state index in [1.165, 1.54) is 12.3 Å². The highest BCUT2D eigenvalue weighted by molar-refractivity contribution is 5.90. The van der Waals surface area contributed by atoms with Crippen molar-refractivity contribution in [3.05, 3.63) is 43.1 Å². The van der Waals surface area contributed by atoms with Gasteiger partial charge in [0.15, 0.2) is 5.65 Å². The van der Waals surface area contributed by atoms with Crippen molar-refractivity contribution in [2.75, 3.05) is 13.2 Å². The van der Waals surface area contributed by atoms with Crippen molar-refractivity contribution < 1.29 is 36.3 Å². The number of allylic oxidation sites excluding steroid dienone is 1. The van der Waals surface area contributed by atoms with Crippen LogP contribution in [0.15, 0.2) is 43.1 Å². The summed E-state index contributed by atoms with van der Waals surface area (Å²) in [5.41, 5.74) is 0.770. The lowest BCUT2D eigenvalue weighted by Crippen LogP contribution is -2.33. The van der Waals surface area contributed by atoms with E-state index in [1.807, 2.05) is 0 Å². The van der Waals surface area contributed by atoms with Crippen LogP contribution in [-0.2, 0) is 9.53 Å². The normalized spacial score (nSPS) is 17.5. The zero-order chi connectivity index (χ0) is 22.9. The molecule has 2 unspecified atom stereocenters. The lowest BCUT2D eigenvalue weighted by atomic mass is 9.96. The van der Waals surface area contributed by atoms with Crippen LogP contribution in [0.2, 0.25) is 0 Å². The number of fused-ring (bicyclic) bond motifs is 1. The third-order valence-electron chi connectivity index (χ3n) is 5.10. The molecule has 0 saturated carbocycles. The highest BCUT2D eigenvalue weighted by atomic mass is 19.4. The van der Waals surface area contributed by atoms with Gasteiger partial charge in [-0.15, -0.1) is 0 Å². The predicted molar refractivity (Wildman–Crippen MR) is 99.3 cm³/mol. The lowest BCUT2D eigenvalue weighted by molar-refractivity contribution is -0.199. The summed E-state index contributed by atoms with van der Waals surface area (Å²) in [7, 11) is 0. The standard InChI is InChI=1S/C19H16F5N5O3/c20-15(21)2-1-14(11-4-6-31-9-11)28-8-12(7-27-28)16-13-3-5-29(17(13)26-10-25-16)32-18(30)19(22,23)24/h2-3,5,7-8,10-11,14H,1,4,6,9H2. The van der Waals surface area contributed by atoms with Crippen molar-refractivity contribution in [1.82, 2.24) is 24.5 Å². The van der Waals surface area contributed by atoms with E-state index in [9.17, 15) is 26.7 Å². The number of carbonyl (C=O) groups excluding carboxylic acids is 1. The fraction of sp³-hybridized carbons (Fsp3) is 0.368. The van der Waals surface area contributed by atoms with Crippen LogP contribution in [0.4, 0.5) is 22.0 Å². The Morgan fingerprint density at radius 3 is 2.84 bits per heavy atom. The van der Waals surface area contributed by atoms with Gasteiger partial charge < -0.3 is 9.57 Å². The second-order valence-electron chi connectivity index (χ2n) is 7.11. The van der Waals surface area contributed by atoms with E-state index in [4.69, 9.17) is 4.74 Å². The molecule has 0 spiro atoms. The molecule has 0 N–H and O–H groups in total. The minimum absolute atomic E-state index is 0.00775. The van der Waals surface area contributed by atoms with E-state index in [1.54, 1.807) is 10.9 Å². The van der Waals surface area contributed by atoms with Crippen molar-refractivity contribution in [3.63, 3.8) is 0 Å². The van der Waals surface area contributed by atoms with Crippen LogP contribution in [0.25, 0.3) is 22.3 Å². The van der Waals surface area contributed by atoms with Crippen molar-refractivity contribution in [3.8, 4) is 11.3 Å². The third-order valence-corrected chi connectivity index (χ3v) is 5.10. The first-order valence-corrected chi connectivity index (χ1v) is 9.49. The minimum atomic E-state index is -5.17. The molecular formula is C19H16F5N5O3. The van der Waals surface area contributed by atoms with Gasteiger partial charge in [-0.1, -0.05) is 0 Å². The fourth-order valence-electron chi connectivity index (χ4n) is 3.60. The van der Waals surface area contributed by atoms with Crippen LogP contribution in [0.1, 0.15) is 18.9 Å². The second-order valence-corrected chi connectivity index (χ2v) is 7.11. The Balaban J connectivity index is 1.65. The van der Waals surface area contributed by atoms with Gasteiger partial charge >= 0.3 is 12.1 Å². The molecule has 1 aliphatic rings. The molecule has 170 valence electrons. The number of alkyl halides is 3. The van der Waals surface area contributed by atoms with E-state index in [0.717, 1.165) is 18.6 Å². The zero-order valence-electron chi connectivity index (χ0n) is 16.3. The van der Waals surface area contributed by atoms with Gasteiger partial charge in [-0.3, -0.25) is 4.68 Å². The van der Waals surface area contributed by atoms with E-state index in [-0.39, 0.29) is 24.0 Å². The average Bonchev–Trinajstić information content (AvgIpc) is 3.49. The Morgan fingerprint density at radius 1 is 1.34 bits per heavy atom. The van der Waals surface area contributed by atoms with Crippen LogP contribution in [0.5, 0.6) is 0 Å². The molecule has 3 aromatic heterocycles. The number of carbonyl (C=O) groups is 1. The quantitative estimate of drug-likeness (QED) is 0.527. The summed E-state index contributed by atoms with van der Waals surface area (Å²) in [6.07, 6.45) is -0.0442. The van der Waals surface area contributed by atoms with Crippen LogP contribution in [0, 0.1) is 5.92 Å². The molecule has 0 aromatic carbocycles. The van der Waals surface area contributed by atoms with Gasteiger partial charge in [-0.2, -0.15) is 31.8 Å². The van der Waals surface area contributed by atoms with E-state index < -0.39 is 18.2 Å². The molecule has 1 saturated heterocycles. The summed E-state index contributed by atoms with van der Waals surface area (Å²) in [5, 5.41) is 4.61. The molecule has 13 heteroatoms. The fourth-order valence-corrected chi connectivity index (χ4v) is 3.60. The number of halogens is 5. The molecule has 32 heavy (non-hydrogen) atoms. The van der Waals surface area contributed by atoms with Crippen LogP contribution in [0.3, 0.4) is 0 Å². The summed E-state index contributed by atoms with van der Waals surface area (Å²) in [6, 6.07) is 1.03. The number of rotatable bonds is 6. The minimum Gasteiger partial charge on any atom is -0.381 e. The van der Waals surface area contributed by atoms with Crippen molar-refractivity contribution in [1.29, 1.82) is 0 Å². The first-order chi connectivity index (χ1) is 15.2. The van der Waals surface area contributed by atoms with Gasteiger partial charge in [0.05, 0.1) is 24.5 Å². The molecule has 1 fully saturated rings. The summed E-state index contributed by atoms with van der Waals surface area (Å²) in [5.74, 6) is -2.40. The van der Waals surface area contributed by atoms with Gasteiger partial charge in [0.2, 0.25) is 0 Å². The number of ether oxygens (including phenoxy) is 1. The van der Waals surface area contributed by atoms with Gasteiger partial charge in [0.25, 0.3) is 6.08 Å². The first-order valence-electron chi connectivity index (χ1n) is 9.49. The summed E-state index contributed by atoms with van der Waals surface area (Å²) >= 11 is 0. The highest BCUT2D eigenvalue weighted by Crippen LogP contribution is 2.32. The van der Waals surface area contributed by atoms with E-state index in [0.29, 0.717) is 41.0 Å². The maximum atomic E-state index is 12.7. The van der Waals surface area contributed by atoms with Gasteiger partial charge in [-0.05, 0) is 25.0 Å².